The lowest BCUT2D eigenvalue weighted by atomic mass is 9.99. The predicted molar refractivity (Wildman–Crippen MR) is 68.7 cm³/mol. The first kappa shape index (κ1) is 13.2. The Morgan fingerprint density at radius 2 is 1.88 bits per heavy atom. The van der Waals surface area contributed by atoms with Gasteiger partial charge in [-0.1, -0.05) is 27.7 Å². The number of rotatable bonds is 6. The molecule has 1 aromatic heterocycles. The summed E-state index contributed by atoms with van der Waals surface area (Å²) in [6, 6.07) is 0.462. The smallest absolute Gasteiger partial charge is 0.0672 e. The Hall–Kier alpha value is -0.830. The predicted octanol–water partition coefficient (Wildman–Crippen LogP) is 2.61. The van der Waals surface area contributed by atoms with Gasteiger partial charge in [0, 0.05) is 24.3 Å². The molecule has 0 aliphatic rings. The van der Waals surface area contributed by atoms with Crippen LogP contribution in [-0.2, 0) is 19.9 Å². The van der Waals surface area contributed by atoms with Crippen LogP contribution in [0.3, 0.4) is 0 Å². The Morgan fingerprint density at radius 3 is 2.31 bits per heavy atom. The van der Waals surface area contributed by atoms with Gasteiger partial charge in [0.1, 0.15) is 0 Å². The molecule has 3 nitrogen and oxygen atoms in total. The molecule has 0 spiro atoms. The summed E-state index contributed by atoms with van der Waals surface area (Å²) >= 11 is 0. The molecule has 0 aromatic carbocycles. The molecule has 1 N–H and O–H groups in total. The average molecular weight is 223 g/mol. The normalized spacial score (nSPS) is 13.1. The molecule has 3 heteroatoms. The van der Waals surface area contributed by atoms with E-state index < -0.39 is 0 Å². The third-order valence-electron chi connectivity index (χ3n) is 3.16. The van der Waals surface area contributed by atoms with Crippen molar-refractivity contribution in [2.45, 2.75) is 53.0 Å². The highest BCUT2D eigenvalue weighted by Crippen LogP contribution is 2.25. The van der Waals surface area contributed by atoms with Crippen LogP contribution in [0.25, 0.3) is 0 Å². The Balaban J connectivity index is 3.15. The monoisotopic (exact) mass is 223 g/mol. The number of hydrogen-bond donors (Lipinski definition) is 1. The lowest BCUT2D eigenvalue weighted by molar-refractivity contribution is 0.528. The molecule has 0 radical (unpaired) electrons. The van der Waals surface area contributed by atoms with Crippen LogP contribution in [0, 0.1) is 0 Å². The minimum Gasteiger partial charge on any atom is -0.310 e. The minimum atomic E-state index is 0.462. The zero-order valence-corrected chi connectivity index (χ0v) is 11.3. The molecule has 0 amide bonds. The molecule has 0 aliphatic heterocycles. The molecule has 16 heavy (non-hydrogen) atoms. The van der Waals surface area contributed by atoms with E-state index >= 15 is 0 Å². The van der Waals surface area contributed by atoms with Crippen LogP contribution in [0.1, 0.15) is 57.1 Å². The van der Waals surface area contributed by atoms with Crippen molar-refractivity contribution < 1.29 is 0 Å². The first-order valence-electron chi connectivity index (χ1n) is 6.47. The Morgan fingerprint density at radius 1 is 1.19 bits per heavy atom. The number of aromatic nitrogens is 2. The highest BCUT2D eigenvalue weighted by atomic mass is 15.3. The number of nitrogens with one attached hydrogen (secondary N) is 1. The highest BCUT2D eigenvalue weighted by molar-refractivity contribution is 5.30. The maximum Gasteiger partial charge on any atom is 0.0672 e. The molecule has 0 saturated heterocycles. The van der Waals surface area contributed by atoms with Crippen molar-refractivity contribution >= 4 is 0 Å². The van der Waals surface area contributed by atoms with E-state index in [1.54, 1.807) is 0 Å². The number of hydrogen-bond acceptors (Lipinski definition) is 2. The van der Waals surface area contributed by atoms with Crippen LogP contribution >= 0.6 is 0 Å². The van der Waals surface area contributed by atoms with Gasteiger partial charge in [-0.3, -0.25) is 4.68 Å². The molecule has 1 heterocycles. The number of nitrogens with zero attached hydrogens (tertiary/aromatic N) is 2. The standard InChI is InChI=1S/C13H25N3/c1-6-10(14-9-4)13-11(7-2)15-16(5)12(13)8-3/h10,14H,6-9H2,1-5H3. The van der Waals surface area contributed by atoms with Crippen molar-refractivity contribution in [1.82, 2.24) is 15.1 Å². The van der Waals surface area contributed by atoms with Gasteiger partial charge in [0.05, 0.1) is 5.69 Å². The minimum absolute atomic E-state index is 0.462. The molecule has 0 fully saturated rings. The maximum absolute atomic E-state index is 4.63. The van der Waals surface area contributed by atoms with Gasteiger partial charge in [0.25, 0.3) is 0 Å². The first-order chi connectivity index (χ1) is 7.69. The molecule has 1 unspecified atom stereocenters. The molecule has 0 aliphatic carbocycles. The second kappa shape index (κ2) is 6.04. The average Bonchev–Trinajstić information content (AvgIpc) is 2.62. The summed E-state index contributed by atoms with van der Waals surface area (Å²) in [5.41, 5.74) is 4.08. The largest absolute Gasteiger partial charge is 0.310 e. The summed E-state index contributed by atoms with van der Waals surface area (Å²) < 4.78 is 2.05. The van der Waals surface area contributed by atoms with Gasteiger partial charge >= 0.3 is 0 Å². The molecular weight excluding hydrogens is 198 g/mol. The molecule has 1 aromatic rings. The van der Waals surface area contributed by atoms with E-state index in [1.165, 1.54) is 17.0 Å². The molecule has 1 atom stereocenters. The summed E-state index contributed by atoms with van der Waals surface area (Å²) in [5.74, 6) is 0. The quantitative estimate of drug-likeness (QED) is 0.803. The topological polar surface area (TPSA) is 29.9 Å². The van der Waals surface area contributed by atoms with E-state index in [9.17, 15) is 0 Å². The Labute approximate surface area is 99.2 Å². The summed E-state index contributed by atoms with van der Waals surface area (Å²) in [5, 5.41) is 8.19. The van der Waals surface area contributed by atoms with E-state index in [4.69, 9.17) is 0 Å². The first-order valence-corrected chi connectivity index (χ1v) is 6.47. The summed E-state index contributed by atoms with van der Waals surface area (Å²) in [6.07, 6.45) is 3.20. The van der Waals surface area contributed by atoms with E-state index in [2.05, 4.69) is 45.2 Å². The van der Waals surface area contributed by atoms with Crippen LogP contribution in [0.5, 0.6) is 0 Å². The fourth-order valence-electron chi connectivity index (χ4n) is 2.42. The fourth-order valence-corrected chi connectivity index (χ4v) is 2.42. The fraction of sp³-hybridized carbons (Fsp3) is 0.769. The van der Waals surface area contributed by atoms with Crippen LogP contribution in [0.15, 0.2) is 0 Å². The van der Waals surface area contributed by atoms with Crippen molar-refractivity contribution in [3.8, 4) is 0 Å². The number of aryl methyl sites for hydroxylation is 2. The van der Waals surface area contributed by atoms with E-state index in [0.717, 1.165) is 25.8 Å². The van der Waals surface area contributed by atoms with Crippen LogP contribution in [0.4, 0.5) is 0 Å². The molecule has 92 valence electrons. The van der Waals surface area contributed by atoms with E-state index in [-0.39, 0.29) is 0 Å². The van der Waals surface area contributed by atoms with E-state index in [1.807, 2.05) is 4.68 Å². The summed E-state index contributed by atoms with van der Waals surface area (Å²) in [7, 11) is 2.06. The second-order valence-corrected chi connectivity index (χ2v) is 4.16. The van der Waals surface area contributed by atoms with E-state index in [0.29, 0.717) is 6.04 Å². The Bertz CT molecular complexity index is 328. The second-order valence-electron chi connectivity index (χ2n) is 4.16. The van der Waals surface area contributed by atoms with Crippen molar-refractivity contribution in [3.63, 3.8) is 0 Å². The maximum atomic E-state index is 4.63. The molecule has 0 bridgehead atoms. The highest BCUT2D eigenvalue weighted by Gasteiger charge is 2.20. The zero-order valence-electron chi connectivity index (χ0n) is 11.3. The zero-order chi connectivity index (χ0) is 12.1. The van der Waals surface area contributed by atoms with Crippen molar-refractivity contribution in [1.29, 1.82) is 0 Å². The van der Waals surface area contributed by atoms with Gasteiger partial charge in [0.15, 0.2) is 0 Å². The molecule has 1 rings (SSSR count). The van der Waals surface area contributed by atoms with Gasteiger partial charge in [0.2, 0.25) is 0 Å². The van der Waals surface area contributed by atoms with Crippen LogP contribution in [-0.4, -0.2) is 16.3 Å². The lowest BCUT2D eigenvalue weighted by Crippen LogP contribution is -2.22. The molecular formula is C13H25N3. The Kier molecular flexibility index (Phi) is 5.00. The van der Waals surface area contributed by atoms with Crippen molar-refractivity contribution in [2.75, 3.05) is 6.54 Å². The van der Waals surface area contributed by atoms with Gasteiger partial charge in [-0.25, -0.2) is 0 Å². The van der Waals surface area contributed by atoms with Gasteiger partial charge in [-0.05, 0) is 25.8 Å². The van der Waals surface area contributed by atoms with Gasteiger partial charge in [-0.15, -0.1) is 0 Å². The van der Waals surface area contributed by atoms with Crippen molar-refractivity contribution in [2.24, 2.45) is 7.05 Å². The van der Waals surface area contributed by atoms with Crippen LogP contribution in [0.2, 0.25) is 0 Å². The van der Waals surface area contributed by atoms with Crippen LogP contribution < -0.4 is 5.32 Å². The summed E-state index contributed by atoms with van der Waals surface area (Å²) in [6.45, 7) is 9.80. The molecule has 0 saturated carbocycles. The van der Waals surface area contributed by atoms with Gasteiger partial charge in [-0.2, -0.15) is 5.10 Å². The van der Waals surface area contributed by atoms with Crippen molar-refractivity contribution in [3.05, 3.63) is 17.0 Å². The lowest BCUT2D eigenvalue weighted by Gasteiger charge is -2.17. The van der Waals surface area contributed by atoms with Gasteiger partial charge < -0.3 is 5.32 Å². The summed E-state index contributed by atoms with van der Waals surface area (Å²) in [4.78, 5) is 0. The third-order valence-corrected chi connectivity index (χ3v) is 3.16. The third kappa shape index (κ3) is 2.46. The SMILES string of the molecule is CCNC(CC)c1c(CC)nn(C)c1CC.